The molecule has 0 saturated carbocycles. The highest BCUT2D eigenvalue weighted by atomic mass is 35.6. The van der Waals surface area contributed by atoms with Gasteiger partial charge in [0, 0.05) is 0 Å². The van der Waals surface area contributed by atoms with Crippen LogP contribution in [-0.4, -0.2) is 8.83 Å². The normalized spacial score (nSPS) is 9.42. The molecule has 0 unspecified atom stereocenters. The topological polar surface area (TPSA) is 0 Å². The van der Waals surface area contributed by atoms with Crippen molar-refractivity contribution >= 4 is 19.9 Å². The van der Waals surface area contributed by atoms with E-state index in [0.717, 1.165) is 0 Å². The molecule has 0 aliphatic rings. The monoisotopic (exact) mass is 206 g/mol. The fourth-order valence-electron chi connectivity index (χ4n) is 0.654. The summed E-state index contributed by atoms with van der Waals surface area (Å²) in [6.07, 6.45) is 5.54. The van der Waals surface area contributed by atoms with Crippen molar-refractivity contribution in [1.82, 2.24) is 0 Å². The van der Waals surface area contributed by atoms with Crippen LogP contribution in [0.2, 0.25) is 0 Å². The average molecular weight is 207 g/mol. The van der Waals surface area contributed by atoms with Crippen molar-refractivity contribution in [2.45, 2.75) is 53.4 Å². The van der Waals surface area contributed by atoms with Gasteiger partial charge in [0.25, 0.3) is 0 Å². The molecule has 0 fully saturated rings. The third kappa shape index (κ3) is 22.5. The van der Waals surface area contributed by atoms with E-state index < -0.39 is 0 Å². The quantitative estimate of drug-likeness (QED) is 0.373. The van der Waals surface area contributed by atoms with E-state index in [2.05, 4.69) is 33.4 Å². The van der Waals surface area contributed by atoms with E-state index in [1.807, 2.05) is 0 Å². The Bertz CT molecular complexity index is 92.0. The van der Waals surface area contributed by atoms with Gasteiger partial charge in [-0.25, -0.2) is 0 Å². The first-order chi connectivity index (χ1) is 5.68. The van der Waals surface area contributed by atoms with Crippen molar-refractivity contribution in [3.8, 4) is 0 Å². The molecular weight excluding hydrogens is 184 g/mol. The van der Waals surface area contributed by atoms with Crippen LogP contribution in [0.15, 0.2) is 11.3 Å². The van der Waals surface area contributed by atoms with Crippen LogP contribution in [0.5, 0.6) is 0 Å². The third-order valence-corrected chi connectivity index (χ3v) is 2.88. The predicted octanol–water partition coefficient (Wildman–Crippen LogP) is 3.82. The predicted molar refractivity (Wildman–Crippen MR) is 63.6 cm³/mol. The lowest BCUT2D eigenvalue weighted by atomic mass is 10.2. The van der Waals surface area contributed by atoms with E-state index in [9.17, 15) is 0 Å². The van der Waals surface area contributed by atoms with Gasteiger partial charge in [0.05, 0.1) is 0 Å². The molecule has 0 nitrogen and oxygen atoms in total. The summed E-state index contributed by atoms with van der Waals surface area (Å²) >= 11 is 5.46. The summed E-state index contributed by atoms with van der Waals surface area (Å²) < 4.78 is 0. The van der Waals surface area contributed by atoms with Crippen LogP contribution >= 0.6 is 11.1 Å². The molecule has 0 aromatic heterocycles. The molecule has 0 aliphatic carbocycles. The standard InChI is InChI=1S/C6H14.C4H9ClSi/c1-3-5-6-4-2;1-4(2)3-6-5/h3-6H2,1-2H3;3H,6H2,1-2H3. The number of allylic oxidation sites excluding steroid dienone is 1. The minimum Gasteiger partial charge on any atom is -0.171 e. The Hall–Kier alpha value is 0.247. The zero-order valence-electron chi connectivity index (χ0n) is 8.99. The second kappa shape index (κ2) is 13.8. The lowest BCUT2D eigenvalue weighted by Crippen LogP contribution is -1.67. The summed E-state index contributed by atoms with van der Waals surface area (Å²) in [5.41, 5.74) is 3.46. The molecule has 2 heteroatoms. The molecule has 74 valence electrons. The van der Waals surface area contributed by atoms with Crippen LogP contribution in [0.1, 0.15) is 53.4 Å². The van der Waals surface area contributed by atoms with E-state index in [1.165, 1.54) is 31.3 Å². The molecule has 12 heavy (non-hydrogen) atoms. The van der Waals surface area contributed by atoms with Crippen molar-refractivity contribution in [2.75, 3.05) is 0 Å². The molecule has 0 aromatic carbocycles. The highest BCUT2D eigenvalue weighted by molar-refractivity contribution is 6.96. The molecule has 0 atom stereocenters. The molecule has 0 saturated heterocycles. The maximum atomic E-state index is 5.46. The first-order valence-corrected chi connectivity index (χ1v) is 7.83. The fraction of sp³-hybridized carbons (Fsp3) is 0.800. The highest BCUT2D eigenvalue weighted by Gasteiger charge is 1.75. The zero-order chi connectivity index (χ0) is 9.82. The second-order valence-electron chi connectivity index (χ2n) is 3.14. The highest BCUT2D eigenvalue weighted by Crippen LogP contribution is 1.95. The van der Waals surface area contributed by atoms with Crippen molar-refractivity contribution in [2.24, 2.45) is 0 Å². The Morgan fingerprint density at radius 1 is 1.17 bits per heavy atom. The average Bonchev–Trinajstić information content (AvgIpc) is 2.02. The fourth-order valence-corrected chi connectivity index (χ4v) is 1.89. The minimum absolute atomic E-state index is 0.323. The molecule has 0 aliphatic heterocycles. The number of hydrogen-bond acceptors (Lipinski definition) is 0. The lowest BCUT2D eigenvalue weighted by Gasteiger charge is -1.86. The zero-order valence-corrected chi connectivity index (χ0v) is 11.2. The summed E-state index contributed by atoms with van der Waals surface area (Å²) in [4.78, 5) is 0. The van der Waals surface area contributed by atoms with Crippen molar-refractivity contribution in [3.05, 3.63) is 11.3 Å². The van der Waals surface area contributed by atoms with E-state index in [-0.39, 0.29) is 8.83 Å². The molecule has 0 rings (SSSR count). The number of rotatable bonds is 4. The molecule has 0 radical (unpaired) electrons. The molecule has 0 heterocycles. The SMILES string of the molecule is CC(C)=C[SiH2]Cl.CCCCCC. The van der Waals surface area contributed by atoms with Gasteiger partial charge in [-0.3, -0.25) is 0 Å². The van der Waals surface area contributed by atoms with Crippen molar-refractivity contribution in [1.29, 1.82) is 0 Å². The van der Waals surface area contributed by atoms with Gasteiger partial charge in [-0.05, 0) is 13.8 Å². The van der Waals surface area contributed by atoms with Gasteiger partial charge >= 0.3 is 0 Å². The van der Waals surface area contributed by atoms with Gasteiger partial charge in [-0.2, -0.15) is 11.1 Å². The van der Waals surface area contributed by atoms with Gasteiger partial charge in [-0.1, -0.05) is 50.8 Å². The summed E-state index contributed by atoms with van der Waals surface area (Å²) in [7, 11) is -0.323. The Morgan fingerprint density at radius 3 is 1.67 bits per heavy atom. The molecule has 0 N–H and O–H groups in total. The third-order valence-electron chi connectivity index (χ3n) is 1.44. The minimum atomic E-state index is -0.323. The van der Waals surface area contributed by atoms with Crippen LogP contribution in [0.4, 0.5) is 0 Å². The molecule has 0 amide bonds. The smallest absolute Gasteiger partial charge is 0.148 e. The maximum Gasteiger partial charge on any atom is 0.148 e. The van der Waals surface area contributed by atoms with E-state index in [4.69, 9.17) is 11.1 Å². The van der Waals surface area contributed by atoms with E-state index in [1.54, 1.807) is 0 Å². The first-order valence-electron chi connectivity index (χ1n) is 4.88. The van der Waals surface area contributed by atoms with Crippen LogP contribution in [0, 0.1) is 0 Å². The summed E-state index contributed by atoms with van der Waals surface area (Å²) in [5, 5.41) is 0. The summed E-state index contributed by atoms with van der Waals surface area (Å²) in [6.45, 7) is 8.59. The largest absolute Gasteiger partial charge is 0.171 e. The number of unbranched alkanes of at least 4 members (excludes halogenated alkanes) is 3. The van der Waals surface area contributed by atoms with E-state index in [0.29, 0.717) is 0 Å². The molecule has 0 bridgehead atoms. The Kier molecular flexibility index (Phi) is 17.0. The summed E-state index contributed by atoms with van der Waals surface area (Å²) in [5.74, 6) is 0. The van der Waals surface area contributed by atoms with Gasteiger partial charge < -0.3 is 0 Å². The Labute approximate surface area is 84.9 Å². The van der Waals surface area contributed by atoms with Crippen molar-refractivity contribution < 1.29 is 0 Å². The van der Waals surface area contributed by atoms with Gasteiger partial charge in [0.15, 0.2) is 0 Å². The van der Waals surface area contributed by atoms with Crippen LogP contribution in [0.3, 0.4) is 0 Å². The lowest BCUT2D eigenvalue weighted by molar-refractivity contribution is 0.702. The van der Waals surface area contributed by atoms with Crippen LogP contribution in [-0.2, 0) is 0 Å². The van der Waals surface area contributed by atoms with Crippen LogP contribution < -0.4 is 0 Å². The van der Waals surface area contributed by atoms with Gasteiger partial charge in [0.1, 0.15) is 8.83 Å². The van der Waals surface area contributed by atoms with Gasteiger partial charge in [-0.15, -0.1) is 0 Å². The summed E-state index contributed by atoms with van der Waals surface area (Å²) in [6, 6.07) is 0. The van der Waals surface area contributed by atoms with Crippen molar-refractivity contribution in [3.63, 3.8) is 0 Å². The maximum absolute atomic E-state index is 5.46. The molecular formula is C10H23ClSi. The Morgan fingerprint density at radius 2 is 1.58 bits per heavy atom. The molecule has 0 aromatic rings. The number of hydrogen-bond donors (Lipinski definition) is 0. The Balaban J connectivity index is 0. The second-order valence-corrected chi connectivity index (χ2v) is 4.79. The van der Waals surface area contributed by atoms with Gasteiger partial charge in [0.2, 0.25) is 0 Å². The first kappa shape index (κ1) is 14.8. The number of halogens is 1. The van der Waals surface area contributed by atoms with E-state index >= 15 is 0 Å². The van der Waals surface area contributed by atoms with Crippen LogP contribution in [0.25, 0.3) is 0 Å². The molecule has 0 spiro atoms.